The number of hydrogen-bond acceptors (Lipinski definition) is 12. The van der Waals surface area contributed by atoms with Crippen LogP contribution in [0.4, 0.5) is 11.4 Å². The molecule has 0 unspecified atom stereocenters. The fourth-order valence-electron chi connectivity index (χ4n) is 2.17. The second kappa shape index (κ2) is 14.5. The van der Waals surface area contributed by atoms with Crippen molar-refractivity contribution in [3.63, 3.8) is 0 Å². The standard InChI is InChI=1S/C18H24N2O12/c1-13(21)29-7-3-27-5-9-31-17-11-15(19(23)24)16(20(25)26)12-18(17)32-10-6-28-4-8-30-14(2)22/h11-12H,3-10H2,1-2H3. The van der Waals surface area contributed by atoms with Gasteiger partial charge in [0.15, 0.2) is 11.5 Å². The third kappa shape index (κ3) is 10.5. The van der Waals surface area contributed by atoms with E-state index in [1.165, 1.54) is 13.8 Å². The lowest BCUT2D eigenvalue weighted by Gasteiger charge is -2.13. The molecule has 0 radical (unpaired) electrons. The zero-order valence-corrected chi connectivity index (χ0v) is 17.6. The van der Waals surface area contributed by atoms with Gasteiger partial charge < -0.3 is 28.4 Å². The van der Waals surface area contributed by atoms with Crippen molar-refractivity contribution in [1.29, 1.82) is 0 Å². The Kier molecular flexibility index (Phi) is 12.0. The summed E-state index contributed by atoms with van der Waals surface area (Å²) in [5.74, 6) is -1.07. The molecular formula is C18H24N2O12. The van der Waals surface area contributed by atoms with Gasteiger partial charge in [-0.1, -0.05) is 0 Å². The number of rotatable bonds is 16. The Balaban J connectivity index is 2.69. The maximum absolute atomic E-state index is 11.2. The fraction of sp³-hybridized carbons (Fsp3) is 0.556. The molecule has 1 aromatic rings. The monoisotopic (exact) mass is 460 g/mol. The van der Waals surface area contributed by atoms with E-state index in [1.807, 2.05) is 0 Å². The summed E-state index contributed by atoms with van der Waals surface area (Å²) < 4.78 is 30.6. The van der Waals surface area contributed by atoms with Gasteiger partial charge in [-0.2, -0.15) is 0 Å². The first-order chi connectivity index (χ1) is 15.2. The third-order valence-corrected chi connectivity index (χ3v) is 3.47. The first kappa shape index (κ1) is 26.5. The van der Waals surface area contributed by atoms with Crippen molar-refractivity contribution in [3.05, 3.63) is 32.4 Å². The number of esters is 2. The molecule has 0 amide bonds. The number of nitro benzene ring substituents is 2. The molecule has 0 bridgehead atoms. The highest BCUT2D eigenvalue weighted by atomic mass is 16.6. The molecule has 0 saturated heterocycles. The summed E-state index contributed by atoms with van der Waals surface area (Å²) in [6, 6.07) is 1.79. The van der Waals surface area contributed by atoms with E-state index in [0.717, 1.165) is 12.1 Å². The zero-order chi connectivity index (χ0) is 23.9. The van der Waals surface area contributed by atoms with E-state index in [0.29, 0.717) is 0 Å². The maximum atomic E-state index is 11.2. The molecule has 14 heteroatoms. The van der Waals surface area contributed by atoms with Crippen LogP contribution in [0.1, 0.15) is 13.8 Å². The molecule has 0 N–H and O–H groups in total. The lowest BCUT2D eigenvalue weighted by Crippen LogP contribution is -2.14. The van der Waals surface area contributed by atoms with Crippen LogP contribution in [-0.2, 0) is 28.5 Å². The summed E-state index contributed by atoms with van der Waals surface area (Å²) in [4.78, 5) is 41.9. The summed E-state index contributed by atoms with van der Waals surface area (Å²) in [6.45, 7) is 2.90. The quantitative estimate of drug-likeness (QED) is 0.150. The van der Waals surface area contributed by atoms with Gasteiger partial charge in [-0.05, 0) is 0 Å². The first-order valence-electron chi connectivity index (χ1n) is 9.37. The van der Waals surface area contributed by atoms with Gasteiger partial charge in [-0.15, -0.1) is 0 Å². The van der Waals surface area contributed by atoms with E-state index in [4.69, 9.17) is 28.4 Å². The van der Waals surface area contributed by atoms with Crippen molar-refractivity contribution in [2.24, 2.45) is 0 Å². The van der Waals surface area contributed by atoms with Crippen molar-refractivity contribution in [2.75, 3.05) is 52.9 Å². The SMILES string of the molecule is CC(=O)OCCOCCOc1cc([N+](=O)[O-])c([N+](=O)[O-])cc1OCCOCCOC(C)=O. The van der Waals surface area contributed by atoms with Gasteiger partial charge in [0.05, 0.1) is 48.4 Å². The van der Waals surface area contributed by atoms with Gasteiger partial charge in [0.25, 0.3) is 0 Å². The van der Waals surface area contributed by atoms with Gasteiger partial charge in [0, 0.05) is 13.8 Å². The highest BCUT2D eigenvalue weighted by molar-refractivity contribution is 5.66. The Labute approximate surface area is 182 Å². The third-order valence-electron chi connectivity index (χ3n) is 3.47. The highest BCUT2D eigenvalue weighted by Gasteiger charge is 2.28. The van der Waals surface area contributed by atoms with E-state index in [-0.39, 0.29) is 64.4 Å². The van der Waals surface area contributed by atoms with Crippen LogP contribution in [0.3, 0.4) is 0 Å². The van der Waals surface area contributed by atoms with Crippen LogP contribution < -0.4 is 9.47 Å². The molecule has 0 fully saturated rings. The number of nitrogens with zero attached hydrogens (tertiary/aromatic N) is 2. The van der Waals surface area contributed by atoms with Crippen molar-refractivity contribution < 1.29 is 47.9 Å². The molecule has 32 heavy (non-hydrogen) atoms. The topological polar surface area (TPSA) is 176 Å². The Morgan fingerprint density at radius 2 is 1.03 bits per heavy atom. The Morgan fingerprint density at radius 3 is 1.34 bits per heavy atom. The largest absolute Gasteiger partial charge is 0.487 e. The minimum Gasteiger partial charge on any atom is -0.487 e. The summed E-state index contributed by atoms with van der Waals surface area (Å²) in [7, 11) is 0. The van der Waals surface area contributed by atoms with Crippen LogP contribution in [-0.4, -0.2) is 74.6 Å². The Morgan fingerprint density at radius 1 is 0.688 bits per heavy atom. The summed E-state index contributed by atoms with van der Waals surface area (Å²) in [5.41, 5.74) is -1.52. The molecule has 0 spiro atoms. The number of carbonyl (C=O) groups excluding carboxylic acids is 2. The molecular weight excluding hydrogens is 436 g/mol. The zero-order valence-electron chi connectivity index (χ0n) is 17.6. The predicted octanol–water partition coefficient (Wildman–Crippen LogP) is 1.42. The average molecular weight is 460 g/mol. The van der Waals surface area contributed by atoms with E-state index in [9.17, 15) is 29.8 Å². The summed E-state index contributed by atoms with van der Waals surface area (Å²) in [6.07, 6.45) is 0. The van der Waals surface area contributed by atoms with Crippen molar-refractivity contribution in [2.45, 2.75) is 13.8 Å². The van der Waals surface area contributed by atoms with E-state index in [1.54, 1.807) is 0 Å². The second-order valence-electron chi connectivity index (χ2n) is 5.90. The molecule has 1 aromatic carbocycles. The number of nitro groups is 2. The van der Waals surface area contributed by atoms with Crippen molar-refractivity contribution in [3.8, 4) is 11.5 Å². The van der Waals surface area contributed by atoms with Crippen molar-refractivity contribution >= 4 is 23.3 Å². The van der Waals surface area contributed by atoms with Crippen LogP contribution in [0.2, 0.25) is 0 Å². The Hall–Kier alpha value is -3.52. The van der Waals surface area contributed by atoms with Crippen LogP contribution >= 0.6 is 0 Å². The average Bonchev–Trinajstić information content (AvgIpc) is 2.71. The normalized spacial score (nSPS) is 10.3. The molecule has 0 heterocycles. The number of carbonyl (C=O) groups is 2. The van der Waals surface area contributed by atoms with E-state index < -0.39 is 33.2 Å². The van der Waals surface area contributed by atoms with Gasteiger partial charge in [0.1, 0.15) is 26.4 Å². The Bertz CT molecular complexity index is 733. The second-order valence-corrected chi connectivity index (χ2v) is 5.90. The minimum absolute atomic E-state index is 0.0513. The van der Waals surface area contributed by atoms with E-state index in [2.05, 4.69) is 0 Å². The van der Waals surface area contributed by atoms with Gasteiger partial charge in [-0.3, -0.25) is 29.8 Å². The highest BCUT2D eigenvalue weighted by Crippen LogP contribution is 2.39. The molecule has 0 aliphatic heterocycles. The van der Waals surface area contributed by atoms with Crippen LogP contribution in [0.5, 0.6) is 11.5 Å². The van der Waals surface area contributed by atoms with Crippen molar-refractivity contribution in [1.82, 2.24) is 0 Å². The van der Waals surface area contributed by atoms with Crippen LogP contribution in [0.25, 0.3) is 0 Å². The smallest absolute Gasteiger partial charge is 0.350 e. The summed E-state index contributed by atoms with van der Waals surface area (Å²) in [5, 5.41) is 22.4. The molecule has 0 aromatic heterocycles. The molecule has 14 nitrogen and oxygen atoms in total. The molecule has 0 atom stereocenters. The number of hydrogen-bond donors (Lipinski definition) is 0. The molecule has 0 aliphatic carbocycles. The van der Waals surface area contributed by atoms with E-state index >= 15 is 0 Å². The maximum Gasteiger partial charge on any atom is 0.350 e. The molecule has 1 rings (SSSR count). The van der Waals surface area contributed by atoms with Crippen LogP contribution in [0, 0.1) is 20.2 Å². The van der Waals surface area contributed by atoms with Crippen LogP contribution in [0.15, 0.2) is 12.1 Å². The molecule has 0 saturated carbocycles. The first-order valence-corrected chi connectivity index (χ1v) is 9.37. The predicted molar refractivity (Wildman–Crippen MR) is 106 cm³/mol. The fourth-order valence-corrected chi connectivity index (χ4v) is 2.17. The minimum atomic E-state index is -0.900. The lowest BCUT2D eigenvalue weighted by atomic mass is 10.2. The van der Waals surface area contributed by atoms with Gasteiger partial charge >= 0.3 is 23.3 Å². The van der Waals surface area contributed by atoms with Gasteiger partial charge in [-0.25, -0.2) is 0 Å². The molecule has 0 aliphatic rings. The summed E-state index contributed by atoms with van der Waals surface area (Å²) >= 11 is 0. The van der Waals surface area contributed by atoms with Gasteiger partial charge in [0.2, 0.25) is 0 Å². The molecule has 178 valence electrons. The number of ether oxygens (including phenoxy) is 6. The number of benzene rings is 1. The lowest BCUT2D eigenvalue weighted by molar-refractivity contribution is -0.422.